The van der Waals surface area contributed by atoms with Gasteiger partial charge in [0, 0.05) is 70.9 Å². The summed E-state index contributed by atoms with van der Waals surface area (Å²) in [5.41, 5.74) is 5.36. The van der Waals surface area contributed by atoms with Crippen molar-refractivity contribution < 1.29 is 4.52 Å². The summed E-state index contributed by atoms with van der Waals surface area (Å²) >= 11 is 12.9. The molecule has 37 heavy (non-hydrogen) atoms. The smallest absolute Gasteiger partial charge is 0.147 e. The van der Waals surface area contributed by atoms with Crippen LogP contribution in [0.2, 0.25) is 10.0 Å². The molecule has 2 aliphatic carbocycles. The molecule has 188 valence electrons. The van der Waals surface area contributed by atoms with Crippen LogP contribution in [0, 0.1) is 11.3 Å². The van der Waals surface area contributed by atoms with Crippen LogP contribution >= 0.6 is 23.2 Å². The second-order valence-corrected chi connectivity index (χ2v) is 11.8. The number of aromatic nitrogens is 3. The fourth-order valence-corrected chi connectivity index (χ4v) is 6.79. The van der Waals surface area contributed by atoms with E-state index in [1.165, 1.54) is 35.0 Å². The number of anilines is 1. The van der Waals surface area contributed by atoms with Crippen molar-refractivity contribution >= 4 is 45.7 Å². The highest BCUT2D eigenvalue weighted by Crippen LogP contribution is 2.54. The Balaban J connectivity index is 1.06. The monoisotopic (exact) mass is 530 g/mol. The van der Waals surface area contributed by atoms with Crippen molar-refractivity contribution in [3.8, 4) is 11.3 Å². The summed E-state index contributed by atoms with van der Waals surface area (Å²) < 4.78 is 5.80. The third-order valence-electron chi connectivity index (χ3n) is 8.30. The second kappa shape index (κ2) is 8.85. The lowest BCUT2D eigenvalue weighted by Crippen LogP contribution is -2.62. The van der Waals surface area contributed by atoms with E-state index in [0.717, 1.165) is 49.4 Å². The third-order valence-corrected chi connectivity index (χ3v) is 8.88. The van der Waals surface area contributed by atoms with Gasteiger partial charge in [-0.2, -0.15) is 0 Å². The Labute approximate surface area is 226 Å². The number of hydrogen-bond donors (Lipinski definition) is 0. The molecule has 4 heterocycles. The molecule has 0 N–H and O–H groups in total. The summed E-state index contributed by atoms with van der Waals surface area (Å²) in [7, 11) is 0. The van der Waals surface area contributed by atoms with Gasteiger partial charge in [-0.25, -0.2) is 0 Å². The number of rotatable bonds is 6. The van der Waals surface area contributed by atoms with Crippen molar-refractivity contribution in [1.82, 2.24) is 15.1 Å². The van der Waals surface area contributed by atoms with Crippen LogP contribution in [0.3, 0.4) is 0 Å². The number of nitrogens with zero attached hydrogens (tertiary/aromatic N) is 4. The van der Waals surface area contributed by atoms with Crippen molar-refractivity contribution in [3.63, 3.8) is 0 Å². The quantitative estimate of drug-likeness (QED) is 0.253. The van der Waals surface area contributed by atoms with Crippen LogP contribution < -0.4 is 4.90 Å². The number of fused-ring (bicyclic) bond motifs is 1. The highest BCUT2D eigenvalue weighted by Gasteiger charge is 2.51. The van der Waals surface area contributed by atoms with Crippen LogP contribution in [0.25, 0.3) is 28.1 Å². The van der Waals surface area contributed by atoms with E-state index < -0.39 is 0 Å². The number of hydrogen-bond acceptors (Lipinski definition) is 5. The molecule has 0 radical (unpaired) electrons. The van der Waals surface area contributed by atoms with E-state index in [1.807, 2.05) is 6.20 Å². The summed E-state index contributed by atoms with van der Waals surface area (Å²) in [4.78, 5) is 11.2. The van der Waals surface area contributed by atoms with Gasteiger partial charge in [0.15, 0.2) is 0 Å². The number of aryl methyl sites for hydroxylation is 1. The van der Waals surface area contributed by atoms with E-state index in [4.69, 9.17) is 27.7 Å². The van der Waals surface area contributed by atoms with Gasteiger partial charge in [0.1, 0.15) is 11.5 Å². The maximum Gasteiger partial charge on any atom is 0.147 e. The van der Waals surface area contributed by atoms with Crippen molar-refractivity contribution in [2.24, 2.45) is 11.3 Å². The molecule has 3 fully saturated rings. The highest BCUT2D eigenvalue weighted by atomic mass is 35.5. The first-order chi connectivity index (χ1) is 18.0. The first-order valence-corrected chi connectivity index (χ1v) is 13.9. The molecule has 7 rings (SSSR count). The lowest BCUT2D eigenvalue weighted by atomic mass is 9.57. The molecule has 1 aliphatic heterocycles. The van der Waals surface area contributed by atoms with Crippen molar-refractivity contribution in [3.05, 3.63) is 76.0 Å². The van der Waals surface area contributed by atoms with Gasteiger partial charge in [-0.05, 0) is 61.6 Å². The summed E-state index contributed by atoms with van der Waals surface area (Å²) in [6, 6.07) is 8.92. The molecule has 4 aromatic rings. The number of halogens is 2. The van der Waals surface area contributed by atoms with Gasteiger partial charge in [-0.15, -0.1) is 0 Å². The molecule has 0 unspecified atom stereocenters. The van der Waals surface area contributed by atoms with Crippen LogP contribution in [-0.4, -0.2) is 28.2 Å². The molecule has 3 aliphatic rings. The first-order valence-electron chi connectivity index (χ1n) is 13.1. The highest BCUT2D eigenvalue weighted by molar-refractivity contribution is 6.39. The van der Waals surface area contributed by atoms with E-state index in [-0.39, 0.29) is 0 Å². The van der Waals surface area contributed by atoms with Gasteiger partial charge in [0.2, 0.25) is 0 Å². The van der Waals surface area contributed by atoms with E-state index in [1.54, 1.807) is 12.4 Å². The zero-order chi connectivity index (χ0) is 25.1. The molecule has 0 bridgehead atoms. The third kappa shape index (κ3) is 4.04. The van der Waals surface area contributed by atoms with Gasteiger partial charge < -0.3 is 9.42 Å². The van der Waals surface area contributed by atoms with Crippen LogP contribution in [0.4, 0.5) is 5.69 Å². The Morgan fingerprint density at radius 2 is 1.89 bits per heavy atom. The average molecular weight is 531 g/mol. The predicted molar refractivity (Wildman–Crippen MR) is 149 cm³/mol. The minimum Gasteiger partial charge on any atom is -0.370 e. The summed E-state index contributed by atoms with van der Waals surface area (Å²) in [5, 5.41) is 7.92. The molecular formula is C30H28Cl2N4O. The topological polar surface area (TPSA) is 55.1 Å². The lowest BCUT2D eigenvalue weighted by molar-refractivity contribution is 0.0486. The van der Waals surface area contributed by atoms with Gasteiger partial charge in [0.25, 0.3) is 0 Å². The Bertz CT molecular complexity index is 1510. The van der Waals surface area contributed by atoms with E-state index in [2.05, 4.69) is 63.4 Å². The average Bonchev–Trinajstić information content (AvgIpc) is 3.62. The van der Waals surface area contributed by atoms with Crippen LogP contribution in [0.1, 0.15) is 55.5 Å². The molecule has 0 amide bonds. The maximum atomic E-state index is 6.46. The van der Waals surface area contributed by atoms with Crippen LogP contribution in [-0.2, 0) is 6.42 Å². The van der Waals surface area contributed by atoms with Crippen molar-refractivity contribution in [2.75, 3.05) is 18.0 Å². The minimum atomic E-state index is 0.432. The Morgan fingerprint density at radius 3 is 2.62 bits per heavy atom. The fraction of sp³-hybridized carbons (Fsp3) is 0.367. The molecule has 7 heteroatoms. The zero-order valence-electron chi connectivity index (χ0n) is 20.8. The molecule has 2 saturated carbocycles. The predicted octanol–water partition coefficient (Wildman–Crippen LogP) is 7.96. The van der Waals surface area contributed by atoms with E-state index >= 15 is 0 Å². The normalized spacial score (nSPS) is 19.1. The van der Waals surface area contributed by atoms with E-state index in [9.17, 15) is 0 Å². The second-order valence-electron chi connectivity index (χ2n) is 11.0. The molecular weight excluding hydrogens is 503 g/mol. The summed E-state index contributed by atoms with van der Waals surface area (Å²) in [5.74, 6) is 1.96. The van der Waals surface area contributed by atoms with Crippen LogP contribution in [0.15, 0.2) is 53.5 Å². The molecule has 1 spiro atoms. The zero-order valence-corrected chi connectivity index (χ0v) is 22.3. The Kier molecular flexibility index (Phi) is 5.56. The molecule has 0 atom stereocenters. The number of pyridine rings is 2. The molecule has 3 aromatic heterocycles. The van der Waals surface area contributed by atoms with Crippen molar-refractivity contribution in [2.45, 2.75) is 44.9 Å². The lowest BCUT2D eigenvalue weighted by Gasteiger charge is -2.59. The summed E-state index contributed by atoms with van der Waals surface area (Å²) in [6.07, 6.45) is 15.3. The van der Waals surface area contributed by atoms with Crippen molar-refractivity contribution in [1.29, 1.82) is 0 Å². The number of allylic oxidation sites excluding steroid dienone is 1. The SMILES string of the molecule is CCc1nccc2ccc(N3CC4(CC(/C=C/c5c(-c6c(Cl)cncc6Cl)noc5C5CC5)C4)C3)cc12. The summed E-state index contributed by atoms with van der Waals surface area (Å²) in [6.45, 7) is 4.42. The first kappa shape index (κ1) is 23.2. The van der Waals surface area contributed by atoms with Gasteiger partial charge >= 0.3 is 0 Å². The molecule has 1 saturated heterocycles. The Hall–Kier alpha value is -2.89. The number of benzene rings is 1. The van der Waals surface area contributed by atoms with E-state index in [0.29, 0.717) is 32.9 Å². The molecule has 5 nitrogen and oxygen atoms in total. The van der Waals surface area contributed by atoms with Gasteiger partial charge in [-0.1, -0.05) is 53.5 Å². The minimum absolute atomic E-state index is 0.432. The fourth-order valence-electron chi connectivity index (χ4n) is 6.25. The Morgan fingerprint density at radius 1 is 1.11 bits per heavy atom. The van der Waals surface area contributed by atoms with Gasteiger partial charge in [0.05, 0.1) is 10.0 Å². The maximum absolute atomic E-state index is 6.46. The molecule has 1 aromatic carbocycles. The standard InChI is InChI=1S/C30H28Cl2N4O/c1-2-26-23-11-21(7-6-19(23)9-10-34-26)36-16-30(17-36)12-18(13-30)3-8-22-28(35-37-29(22)20-4-5-20)27-24(31)14-33-15-25(27)32/h3,6-11,14-15,18,20H,2,4-5,12-13,16-17H2,1H3/b8-3+. The van der Waals surface area contributed by atoms with Gasteiger partial charge in [-0.3, -0.25) is 9.97 Å². The van der Waals surface area contributed by atoms with Crippen LogP contribution in [0.5, 0.6) is 0 Å². The largest absolute Gasteiger partial charge is 0.370 e.